The van der Waals surface area contributed by atoms with Gasteiger partial charge in [-0.25, -0.2) is 0 Å². The van der Waals surface area contributed by atoms with E-state index in [1.807, 2.05) is 12.1 Å². The fourth-order valence-electron chi connectivity index (χ4n) is 3.38. The molecule has 3 nitrogen and oxygen atoms in total. The lowest BCUT2D eigenvalue weighted by atomic mass is 9.85. The molecular formula is C19H20O3. The number of aryl methyl sites for hydroxylation is 2. The monoisotopic (exact) mass is 296 g/mol. The molecule has 0 fully saturated rings. The van der Waals surface area contributed by atoms with Crippen LogP contribution in [-0.4, -0.2) is 18.2 Å². The van der Waals surface area contributed by atoms with Crippen LogP contribution in [0.1, 0.15) is 41.0 Å². The van der Waals surface area contributed by atoms with Crippen LogP contribution < -0.4 is 4.74 Å². The van der Waals surface area contributed by atoms with Gasteiger partial charge in [0.1, 0.15) is 5.75 Å². The second-order valence-corrected chi connectivity index (χ2v) is 5.75. The third-order valence-corrected chi connectivity index (χ3v) is 4.47. The van der Waals surface area contributed by atoms with Crippen molar-refractivity contribution in [3.05, 3.63) is 64.7 Å². The number of benzene rings is 2. The Morgan fingerprint density at radius 2 is 1.86 bits per heavy atom. The summed E-state index contributed by atoms with van der Waals surface area (Å²) in [5, 5.41) is 9.07. The number of hydrogen-bond acceptors (Lipinski definition) is 2. The highest BCUT2D eigenvalue weighted by Gasteiger charge is 2.24. The number of methoxy groups -OCH3 is 1. The number of carboxylic acid groups (broad SMARTS) is 1. The quantitative estimate of drug-likeness (QED) is 0.933. The fraction of sp³-hybridized carbons (Fsp3) is 0.316. The highest BCUT2D eigenvalue weighted by Crippen LogP contribution is 2.38. The normalized spacial score (nSPS) is 16.3. The molecule has 0 amide bonds. The summed E-state index contributed by atoms with van der Waals surface area (Å²) in [4.78, 5) is 11.0. The number of carboxylic acids is 1. The van der Waals surface area contributed by atoms with E-state index in [4.69, 9.17) is 9.84 Å². The first kappa shape index (κ1) is 14.6. The lowest BCUT2D eigenvalue weighted by Gasteiger charge is -2.20. The molecule has 3 rings (SSSR count). The van der Waals surface area contributed by atoms with Gasteiger partial charge >= 0.3 is 5.97 Å². The Balaban J connectivity index is 2.06. The van der Waals surface area contributed by atoms with Crippen molar-refractivity contribution in [1.82, 2.24) is 0 Å². The maximum atomic E-state index is 11.0. The molecule has 2 aromatic carbocycles. The molecule has 0 bridgehead atoms. The summed E-state index contributed by atoms with van der Waals surface area (Å²) in [7, 11) is 1.68. The molecule has 0 saturated carbocycles. The van der Waals surface area contributed by atoms with E-state index in [0.717, 1.165) is 18.6 Å². The van der Waals surface area contributed by atoms with Crippen molar-refractivity contribution in [2.75, 3.05) is 7.11 Å². The number of hydrogen-bond donors (Lipinski definition) is 1. The summed E-state index contributed by atoms with van der Waals surface area (Å²) >= 11 is 0. The molecule has 0 aliphatic heterocycles. The Labute approximate surface area is 130 Å². The Morgan fingerprint density at radius 1 is 1.14 bits per heavy atom. The lowest BCUT2D eigenvalue weighted by molar-refractivity contribution is -0.137. The van der Waals surface area contributed by atoms with Crippen molar-refractivity contribution in [3.63, 3.8) is 0 Å². The van der Waals surface area contributed by atoms with Crippen LogP contribution in [0.2, 0.25) is 0 Å². The zero-order valence-corrected chi connectivity index (χ0v) is 12.7. The molecule has 0 spiro atoms. The predicted octanol–water partition coefficient (Wildman–Crippen LogP) is 3.79. The predicted molar refractivity (Wildman–Crippen MR) is 85.6 cm³/mol. The topological polar surface area (TPSA) is 46.5 Å². The van der Waals surface area contributed by atoms with Gasteiger partial charge in [0.25, 0.3) is 0 Å². The molecule has 0 aromatic heterocycles. The molecule has 1 aliphatic rings. The molecule has 0 radical (unpaired) electrons. The molecule has 3 heteroatoms. The Bertz CT molecular complexity index is 691. The van der Waals surface area contributed by atoms with Gasteiger partial charge in [-0.3, -0.25) is 4.79 Å². The van der Waals surface area contributed by atoms with Gasteiger partial charge in [-0.15, -0.1) is 0 Å². The van der Waals surface area contributed by atoms with Crippen LogP contribution >= 0.6 is 0 Å². The van der Waals surface area contributed by atoms with Crippen molar-refractivity contribution in [2.45, 2.75) is 31.6 Å². The Kier molecular flexibility index (Phi) is 4.14. The molecule has 1 aliphatic carbocycles. The summed E-state index contributed by atoms with van der Waals surface area (Å²) in [5.41, 5.74) is 5.11. The van der Waals surface area contributed by atoms with Gasteiger partial charge in [0.2, 0.25) is 0 Å². The molecule has 114 valence electrons. The van der Waals surface area contributed by atoms with Crippen LogP contribution in [0.4, 0.5) is 0 Å². The first-order valence-corrected chi connectivity index (χ1v) is 7.65. The molecule has 0 saturated heterocycles. The zero-order chi connectivity index (χ0) is 15.5. The summed E-state index contributed by atoms with van der Waals surface area (Å²) in [6, 6.07) is 14.6. The van der Waals surface area contributed by atoms with Crippen LogP contribution in [0, 0.1) is 0 Å². The smallest absolute Gasteiger partial charge is 0.303 e. The van der Waals surface area contributed by atoms with Crippen LogP contribution in [0.25, 0.3) is 0 Å². The van der Waals surface area contributed by atoms with Crippen molar-refractivity contribution in [2.24, 2.45) is 0 Å². The van der Waals surface area contributed by atoms with Crippen molar-refractivity contribution in [3.8, 4) is 5.75 Å². The Morgan fingerprint density at radius 3 is 2.64 bits per heavy atom. The number of rotatable bonds is 4. The second-order valence-electron chi connectivity index (χ2n) is 5.75. The molecule has 1 atom stereocenters. The van der Waals surface area contributed by atoms with E-state index < -0.39 is 5.97 Å². The molecule has 1 N–H and O–H groups in total. The Hall–Kier alpha value is -2.29. The minimum Gasteiger partial charge on any atom is -0.497 e. The van der Waals surface area contributed by atoms with E-state index in [1.165, 1.54) is 22.3 Å². The molecule has 2 aromatic rings. The molecule has 0 heterocycles. The lowest BCUT2D eigenvalue weighted by Crippen LogP contribution is -2.07. The van der Waals surface area contributed by atoms with Crippen molar-refractivity contribution < 1.29 is 14.6 Å². The van der Waals surface area contributed by atoms with Crippen LogP contribution in [0.5, 0.6) is 5.75 Å². The standard InChI is InChI=1S/C19H20O3/c1-22-15-8-9-17-14(12-15)7-6-13-4-2-3-5-16(13)18(17)10-11-19(20)21/h2-5,8-9,12,18H,6-7,10-11H2,1H3,(H,20,21). The van der Waals surface area contributed by atoms with E-state index >= 15 is 0 Å². The first-order chi connectivity index (χ1) is 10.7. The van der Waals surface area contributed by atoms with Gasteiger partial charge in [-0.1, -0.05) is 30.3 Å². The highest BCUT2D eigenvalue weighted by molar-refractivity contribution is 5.67. The van der Waals surface area contributed by atoms with Gasteiger partial charge in [0, 0.05) is 12.3 Å². The minimum atomic E-state index is -0.739. The van der Waals surface area contributed by atoms with Crippen molar-refractivity contribution >= 4 is 5.97 Å². The maximum Gasteiger partial charge on any atom is 0.303 e. The van der Waals surface area contributed by atoms with Gasteiger partial charge in [-0.05, 0) is 53.6 Å². The maximum absolute atomic E-state index is 11.0. The third kappa shape index (κ3) is 2.84. The third-order valence-electron chi connectivity index (χ3n) is 4.47. The van der Waals surface area contributed by atoms with E-state index in [1.54, 1.807) is 7.11 Å². The fourth-order valence-corrected chi connectivity index (χ4v) is 3.38. The van der Waals surface area contributed by atoms with E-state index in [-0.39, 0.29) is 12.3 Å². The van der Waals surface area contributed by atoms with Gasteiger partial charge in [0.15, 0.2) is 0 Å². The molecule has 1 unspecified atom stereocenters. The van der Waals surface area contributed by atoms with Gasteiger partial charge < -0.3 is 9.84 Å². The van der Waals surface area contributed by atoms with E-state index in [2.05, 4.69) is 30.3 Å². The minimum absolute atomic E-state index is 0.149. The van der Waals surface area contributed by atoms with E-state index in [0.29, 0.717) is 6.42 Å². The summed E-state index contributed by atoms with van der Waals surface area (Å²) in [6.07, 6.45) is 2.77. The molecular weight excluding hydrogens is 276 g/mol. The second kappa shape index (κ2) is 6.22. The number of ether oxygens (including phenoxy) is 1. The van der Waals surface area contributed by atoms with Crippen LogP contribution in [0.3, 0.4) is 0 Å². The highest BCUT2D eigenvalue weighted by atomic mass is 16.5. The van der Waals surface area contributed by atoms with Crippen molar-refractivity contribution in [1.29, 1.82) is 0 Å². The van der Waals surface area contributed by atoms with Gasteiger partial charge in [-0.2, -0.15) is 0 Å². The summed E-state index contributed by atoms with van der Waals surface area (Å²) in [5.74, 6) is 0.272. The average Bonchev–Trinajstić information content (AvgIpc) is 2.69. The number of carbonyl (C=O) groups is 1. The van der Waals surface area contributed by atoms with Crippen LogP contribution in [0.15, 0.2) is 42.5 Å². The van der Waals surface area contributed by atoms with Crippen LogP contribution in [-0.2, 0) is 17.6 Å². The zero-order valence-electron chi connectivity index (χ0n) is 12.7. The number of aliphatic carboxylic acids is 1. The summed E-state index contributed by atoms with van der Waals surface area (Å²) in [6.45, 7) is 0. The van der Waals surface area contributed by atoms with E-state index in [9.17, 15) is 4.79 Å². The van der Waals surface area contributed by atoms with Gasteiger partial charge in [0.05, 0.1) is 7.11 Å². The first-order valence-electron chi connectivity index (χ1n) is 7.65. The summed E-state index contributed by atoms with van der Waals surface area (Å²) < 4.78 is 5.34. The average molecular weight is 296 g/mol. The SMILES string of the molecule is COc1ccc2c(c1)CCc1ccccc1C2CCC(=O)O. The largest absolute Gasteiger partial charge is 0.497 e. The number of fused-ring (bicyclic) bond motifs is 2. The molecule has 22 heavy (non-hydrogen) atoms.